The van der Waals surface area contributed by atoms with E-state index in [1.807, 2.05) is 4.98 Å². The maximum Gasteiger partial charge on any atom is 0.359 e. The fraction of sp³-hybridized carbons (Fsp3) is 0.143. The number of H-pyrrole nitrogens is 1. The minimum Gasteiger partial charge on any atom is -0.476 e. The molecule has 0 aromatic carbocycles. The fourth-order valence-electron chi connectivity index (χ4n) is 0.926. The maximum absolute atomic E-state index is 11.0. The quantitative estimate of drug-likeness (QED) is 0.523. The number of hydrogen-bond donors (Lipinski definition) is 2. The molecule has 0 unspecified atom stereocenters. The Labute approximate surface area is 77.2 Å². The van der Waals surface area contributed by atoms with Crippen molar-refractivity contribution in [2.75, 3.05) is 0 Å². The molecular weight excluding hydrogens is 192 g/mol. The Morgan fingerprint density at radius 2 is 2.21 bits per heavy atom. The molecule has 0 aliphatic rings. The van der Waals surface area contributed by atoms with Crippen molar-refractivity contribution in [3.8, 4) is 0 Å². The van der Waals surface area contributed by atoms with Crippen molar-refractivity contribution in [3.05, 3.63) is 37.8 Å². The lowest BCUT2D eigenvalue weighted by molar-refractivity contribution is -0.385. The average Bonchev–Trinajstić information content (AvgIpc) is 2.08. The number of nitro groups is 1. The number of aromatic carboxylic acids is 1. The van der Waals surface area contributed by atoms with Crippen molar-refractivity contribution in [1.82, 2.24) is 4.98 Å². The number of hydrogen-bond acceptors (Lipinski definition) is 4. The van der Waals surface area contributed by atoms with E-state index in [-0.39, 0.29) is 5.56 Å². The average molecular weight is 198 g/mol. The molecule has 1 rings (SSSR count). The zero-order valence-electron chi connectivity index (χ0n) is 7.10. The van der Waals surface area contributed by atoms with Crippen molar-refractivity contribution in [1.29, 1.82) is 0 Å². The first-order valence-corrected chi connectivity index (χ1v) is 3.55. The molecule has 7 heteroatoms. The summed E-state index contributed by atoms with van der Waals surface area (Å²) in [7, 11) is 0. The standard InChI is InChI=1S/C7H6N2O5/c1-3-2-4(9(13)14)5(7(11)12)8-6(3)10/h2H,1H3,(H,8,10)(H,11,12). The molecular formula is C7H6N2O5. The van der Waals surface area contributed by atoms with Gasteiger partial charge in [0.1, 0.15) is 0 Å². The molecule has 2 N–H and O–H groups in total. The number of carbonyl (C=O) groups is 1. The molecule has 0 spiro atoms. The van der Waals surface area contributed by atoms with E-state index in [4.69, 9.17) is 5.11 Å². The largest absolute Gasteiger partial charge is 0.476 e. The van der Waals surface area contributed by atoms with E-state index in [1.54, 1.807) is 0 Å². The lowest BCUT2D eigenvalue weighted by Gasteiger charge is -1.98. The third kappa shape index (κ3) is 1.60. The van der Waals surface area contributed by atoms with E-state index in [9.17, 15) is 19.7 Å². The van der Waals surface area contributed by atoms with Crippen LogP contribution in [0.3, 0.4) is 0 Å². The van der Waals surface area contributed by atoms with Gasteiger partial charge in [0.2, 0.25) is 5.69 Å². The lowest BCUT2D eigenvalue weighted by Crippen LogP contribution is -2.17. The molecule has 0 amide bonds. The van der Waals surface area contributed by atoms with Gasteiger partial charge in [-0.05, 0) is 6.92 Å². The highest BCUT2D eigenvalue weighted by atomic mass is 16.6. The predicted molar refractivity (Wildman–Crippen MR) is 45.4 cm³/mol. The van der Waals surface area contributed by atoms with E-state index in [2.05, 4.69) is 0 Å². The summed E-state index contributed by atoms with van der Waals surface area (Å²) in [6.07, 6.45) is 0. The summed E-state index contributed by atoms with van der Waals surface area (Å²) in [5, 5.41) is 19.0. The Hall–Kier alpha value is -2.18. The Bertz CT molecular complexity index is 462. The van der Waals surface area contributed by atoms with E-state index < -0.39 is 27.8 Å². The second-order valence-corrected chi connectivity index (χ2v) is 2.60. The lowest BCUT2D eigenvalue weighted by atomic mass is 10.2. The van der Waals surface area contributed by atoms with E-state index in [0.29, 0.717) is 0 Å². The number of nitrogens with zero attached hydrogens (tertiary/aromatic N) is 1. The van der Waals surface area contributed by atoms with Gasteiger partial charge in [0.15, 0.2) is 0 Å². The number of aromatic amines is 1. The first-order chi connectivity index (χ1) is 6.43. The molecule has 0 saturated carbocycles. The Kier molecular flexibility index (Phi) is 2.32. The van der Waals surface area contributed by atoms with Crippen molar-refractivity contribution >= 4 is 11.7 Å². The molecule has 14 heavy (non-hydrogen) atoms. The highest BCUT2D eigenvalue weighted by molar-refractivity contribution is 5.89. The number of carboxylic acid groups (broad SMARTS) is 1. The van der Waals surface area contributed by atoms with Gasteiger partial charge in [-0.3, -0.25) is 14.9 Å². The van der Waals surface area contributed by atoms with E-state index >= 15 is 0 Å². The highest BCUT2D eigenvalue weighted by Gasteiger charge is 2.21. The van der Waals surface area contributed by atoms with Gasteiger partial charge < -0.3 is 10.1 Å². The molecule has 0 atom stereocenters. The first kappa shape index (κ1) is 9.90. The molecule has 0 saturated heterocycles. The van der Waals surface area contributed by atoms with Crippen LogP contribution in [0, 0.1) is 17.0 Å². The van der Waals surface area contributed by atoms with Gasteiger partial charge in [-0.15, -0.1) is 0 Å². The Morgan fingerprint density at radius 3 is 2.64 bits per heavy atom. The number of rotatable bonds is 2. The number of pyridine rings is 1. The van der Waals surface area contributed by atoms with Crippen LogP contribution in [0.4, 0.5) is 5.69 Å². The molecule has 7 nitrogen and oxygen atoms in total. The van der Waals surface area contributed by atoms with Crippen molar-refractivity contribution in [3.63, 3.8) is 0 Å². The van der Waals surface area contributed by atoms with Gasteiger partial charge in [-0.2, -0.15) is 0 Å². The predicted octanol–water partition coefficient (Wildman–Crippen LogP) is 0.290. The summed E-state index contributed by atoms with van der Waals surface area (Å²) in [5.74, 6) is -1.53. The van der Waals surface area contributed by atoms with Gasteiger partial charge in [-0.25, -0.2) is 4.79 Å². The molecule has 0 bridgehead atoms. The van der Waals surface area contributed by atoms with Crippen LogP contribution in [-0.4, -0.2) is 21.0 Å². The van der Waals surface area contributed by atoms with Crippen LogP contribution in [0.1, 0.15) is 16.1 Å². The molecule has 74 valence electrons. The SMILES string of the molecule is Cc1cc([N+](=O)[O-])c(C(=O)O)[nH]c1=O. The maximum atomic E-state index is 11.0. The van der Waals surface area contributed by atoms with E-state index in [1.165, 1.54) is 6.92 Å². The van der Waals surface area contributed by atoms with Gasteiger partial charge in [0.25, 0.3) is 5.56 Å². The van der Waals surface area contributed by atoms with Crippen LogP contribution >= 0.6 is 0 Å². The third-order valence-corrected chi connectivity index (χ3v) is 1.62. The third-order valence-electron chi connectivity index (χ3n) is 1.62. The number of aromatic nitrogens is 1. The van der Waals surface area contributed by atoms with Gasteiger partial charge in [0.05, 0.1) is 4.92 Å². The number of carboxylic acids is 1. The highest BCUT2D eigenvalue weighted by Crippen LogP contribution is 2.14. The Morgan fingerprint density at radius 1 is 1.64 bits per heavy atom. The van der Waals surface area contributed by atoms with Gasteiger partial charge in [-0.1, -0.05) is 0 Å². The Balaban J connectivity index is 3.55. The number of aryl methyl sites for hydroxylation is 1. The molecule has 0 fully saturated rings. The van der Waals surface area contributed by atoms with Gasteiger partial charge >= 0.3 is 11.7 Å². The summed E-state index contributed by atoms with van der Waals surface area (Å²) in [4.78, 5) is 33.0. The summed E-state index contributed by atoms with van der Waals surface area (Å²) < 4.78 is 0. The molecule has 1 heterocycles. The van der Waals surface area contributed by atoms with Crippen molar-refractivity contribution in [2.45, 2.75) is 6.92 Å². The first-order valence-electron chi connectivity index (χ1n) is 3.55. The summed E-state index contributed by atoms with van der Waals surface area (Å²) in [6, 6.07) is 0.933. The molecule has 1 aromatic heterocycles. The van der Waals surface area contributed by atoms with Crippen LogP contribution in [0.5, 0.6) is 0 Å². The van der Waals surface area contributed by atoms with Crippen LogP contribution in [0.25, 0.3) is 0 Å². The zero-order valence-corrected chi connectivity index (χ0v) is 7.10. The molecule has 0 aliphatic carbocycles. The molecule has 0 aliphatic heterocycles. The van der Waals surface area contributed by atoms with Crippen LogP contribution in [-0.2, 0) is 0 Å². The second-order valence-electron chi connectivity index (χ2n) is 2.60. The number of nitrogens with one attached hydrogen (secondary N) is 1. The topological polar surface area (TPSA) is 113 Å². The van der Waals surface area contributed by atoms with Crippen LogP contribution < -0.4 is 5.56 Å². The van der Waals surface area contributed by atoms with Gasteiger partial charge in [0, 0.05) is 11.6 Å². The smallest absolute Gasteiger partial charge is 0.359 e. The molecule has 1 aromatic rings. The second kappa shape index (κ2) is 3.29. The molecule has 0 radical (unpaired) electrons. The summed E-state index contributed by atoms with van der Waals surface area (Å²) in [5.41, 5.74) is -1.87. The zero-order chi connectivity index (χ0) is 10.9. The summed E-state index contributed by atoms with van der Waals surface area (Å²) in [6.45, 7) is 1.36. The van der Waals surface area contributed by atoms with Crippen molar-refractivity contribution in [2.24, 2.45) is 0 Å². The van der Waals surface area contributed by atoms with E-state index in [0.717, 1.165) is 6.07 Å². The van der Waals surface area contributed by atoms with Crippen LogP contribution in [0.15, 0.2) is 10.9 Å². The van der Waals surface area contributed by atoms with Crippen molar-refractivity contribution < 1.29 is 14.8 Å². The van der Waals surface area contributed by atoms with Crippen LogP contribution in [0.2, 0.25) is 0 Å². The fourth-order valence-corrected chi connectivity index (χ4v) is 0.926. The minimum absolute atomic E-state index is 0.0988. The minimum atomic E-state index is -1.53. The summed E-state index contributed by atoms with van der Waals surface area (Å²) >= 11 is 0. The monoisotopic (exact) mass is 198 g/mol. The normalized spacial score (nSPS) is 9.79.